The molecule has 0 aliphatic carbocycles. The molecule has 0 aromatic heterocycles. The van der Waals surface area contributed by atoms with Crippen molar-refractivity contribution >= 4 is 5.69 Å². The van der Waals surface area contributed by atoms with Crippen molar-refractivity contribution in [1.82, 2.24) is 20.9 Å². The van der Waals surface area contributed by atoms with E-state index in [1.165, 1.54) is 12.8 Å². The summed E-state index contributed by atoms with van der Waals surface area (Å²) in [6.07, 6.45) is 3.13. The average Bonchev–Trinajstić information content (AvgIpc) is 3.19. The van der Waals surface area contributed by atoms with Crippen LogP contribution in [0.1, 0.15) is 26.2 Å². The molecule has 2 saturated heterocycles. The van der Waals surface area contributed by atoms with Gasteiger partial charge in [-0.05, 0) is 58.5 Å². The lowest BCUT2D eigenvalue weighted by atomic mass is 10.1. The Morgan fingerprint density at radius 2 is 2.04 bits per heavy atom. The number of ether oxygens (including phenoxy) is 2. The highest BCUT2D eigenvalue weighted by Crippen LogP contribution is 2.30. The predicted octanol–water partition coefficient (Wildman–Crippen LogP) is 0.743. The standard InChI is InChI=1S/C20H35N5O3/c1-14-10-19(21-2)24-20(22-14)23-15-6-7-17(27-3)18(11-15)28-13-16(26)12-25-8-4-5-9-25/h6-7,11,14,16,19-24,26H,4-5,8-10,12-13H2,1-3H3/t14?,16-,19?,20?/m0/s1. The molecule has 28 heavy (non-hydrogen) atoms. The van der Waals surface area contributed by atoms with Crippen molar-refractivity contribution in [3.63, 3.8) is 0 Å². The number of hydrogen-bond acceptors (Lipinski definition) is 8. The first kappa shape index (κ1) is 21.1. The van der Waals surface area contributed by atoms with Crippen LogP contribution in [0, 0.1) is 0 Å². The Balaban J connectivity index is 1.57. The van der Waals surface area contributed by atoms with Gasteiger partial charge in [-0.1, -0.05) is 0 Å². The number of nitrogens with zero attached hydrogens (tertiary/aromatic N) is 1. The highest BCUT2D eigenvalue weighted by molar-refractivity contribution is 5.55. The van der Waals surface area contributed by atoms with E-state index in [-0.39, 0.29) is 19.1 Å². The van der Waals surface area contributed by atoms with Crippen LogP contribution in [0.25, 0.3) is 0 Å². The molecule has 2 fully saturated rings. The number of aliphatic hydroxyl groups excluding tert-OH is 1. The normalized spacial score (nSPS) is 26.8. The van der Waals surface area contributed by atoms with Gasteiger partial charge in [-0.15, -0.1) is 0 Å². The Kier molecular flexibility index (Phi) is 7.75. The number of anilines is 1. The highest BCUT2D eigenvalue weighted by atomic mass is 16.5. The Bertz CT molecular complexity index is 612. The first-order valence-corrected chi connectivity index (χ1v) is 10.2. The third-order valence-corrected chi connectivity index (χ3v) is 5.33. The van der Waals surface area contributed by atoms with Crippen LogP contribution in [0.15, 0.2) is 18.2 Å². The molecule has 2 heterocycles. The minimum absolute atomic E-state index is 0.0526. The second-order valence-corrected chi connectivity index (χ2v) is 7.73. The van der Waals surface area contributed by atoms with E-state index in [1.54, 1.807) is 7.11 Å². The van der Waals surface area contributed by atoms with Gasteiger partial charge in [0.2, 0.25) is 0 Å². The van der Waals surface area contributed by atoms with Crippen molar-refractivity contribution < 1.29 is 14.6 Å². The van der Waals surface area contributed by atoms with E-state index < -0.39 is 6.10 Å². The number of β-amino-alcohol motifs (C(OH)–C–C–N with tert-alkyl or cyclic N) is 1. The SMILES string of the molecule is CNC1CC(C)NC(Nc2ccc(OC)c(OC[C@@H](O)CN3CCCC3)c2)N1. The van der Waals surface area contributed by atoms with Gasteiger partial charge >= 0.3 is 0 Å². The molecule has 2 aliphatic heterocycles. The van der Waals surface area contributed by atoms with Crippen LogP contribution in [-0.2, 0) is 0 Å². The van der Waals surface area contributed by atoms with E-state index in [9.17, 15) is 5.11 Å². The Morgan fingerprint density at radius 1 is 1.25 bits per heavy atom. The Labute approximate surface area is 168 Å². The zero-order chi connectivity index (χ0) is 19.9. The second kappa shape index (κ2) is 10.3. The summed E-state index contributed by atoms with van der Waals surface area (Å²) in [6, 6.07) is 6.15. The van der Waals surface area contributed by atoms with Crippen molar-refractivity contribution in [1.29, 1.82) is 0 Å². The van der Waals surface area contributed by atoms with Gasteiger partial charge < -0.3 is 30.1 Å². The van der Waals surface area contributed by atoms with E-state index in [4.69, 9.17) is 9.47 Å². The van der Waals surface area contributed by atoms with Gasteiger partial charge in [-0.25, -0.2) is 0 Å². The third-order valence-electron chi connectivity index (χ3n) is 5.33. The fourth-order valence-electron chi connectivity index (χ4n) is 3.86. The molecule has 0 radical (unpaired) electrons. The van der Waals surface area contributed by atoms with Gasteiger partial charge in [-0.3, -0.25) is 10.6 Å². The van der Waals surface area contributed by atoms with Crippen molar-refractivity contribution in [3.05, 3.63) is 18.2 Å². The summed E-state index contributed by atoms with van der Waals surface area (Å²) in [4.78, 5) is 2.28. The third kappa shape index (κ3) is 5.96. The van der Waals surface area contributed by atoms with Crippen LogP contribution in [0.2, 0.25) is 0 Å². The van der Waals surface area contributed by atoms with E-state index in [0.717, 1.165) is 25.2 Å². The average molecular weight is 394 g/mol. The van der Waals surface area contributed by atoms with Crippen LogP contribution in [0.5, 0.6) is 11.5 Å². The summed E-state index contributed by atoms with van der Waals surface area (Å²) >= 11 is 0. The van der Waals surface area contributed by atoms with Gasteiger partial charge in [-0.2, -0.15) is 0 Å². The molecule has 3 rings (SSSR count). The monoisotopic (exact) mass is 393 g/mol. The minimum Gasteiger partial charge on any atom is -0.493 e. The molecule has 1 aromatic carbocycles. The molecule has 1 aromatic rings. The van der Waals surface area contributed by atoms with Crippen LogP contribution < -0.4 is 30.7 Å². The largest absolute Gasteiger partial charge is 0.493 e. The molecule has 8 heteroatoms. The van der Waals surface area contributed by atoms with Crippen molar-refractivity contribution in [2.75, 3.05) is 45.7 Å². The summed E-state index contributed by atoms with van der Waals surface area (Å²) in [5.41, 5.74) is 0.916. The lowest BCUT2D eigenvalue weighted by Gasteiger charge is -2.36. The van der Waals surface area contributed by atoms with Crippen LogP contribution in [-0.4, -0.2) is 75.0 Å². The first-order valence-electron chi connectivity index (χ1n) is 10.2. The van der Waals surface area contributed by atoms with Crippen molar-refractivity contribution in [2.45, 2.75) is 50.8 Å². The number of methoxy groups -OCH3 is 1. The highest BCUT2D eigenvalue weighted by Gasteiger charge is 2.24. The molecule has 0 amide bonds. The number of benzene rings is 1. The molecular formula is C20H35N5O3. The lowest BCUT2D eigenvalue weighted by molar-refractivity contribution is 0.0747. The molecule has 0 bridgehead atoms. The molecule has 8 nitrogen and oxygen atoms in total. The van der Waals surface area contributed by atoms with Crippen molar-refractivity contribution in [2.24, 2.45) is 0 Å². The molecule has 0 saturated carbocycles. The Morgan fingerprint density at radius 3 is 2.75 bits per heavy atom. The van der Waals surface area contributed by atoms with Gasteiger partial charge in [0.05, 0.1) is 13.3 Å². The number of nitrogens with one attached hydrogen (secondary N) is 4. The number of rotatable bonds is 9. The number of aliphatic hydroxyl groups is 1. The summed E-state index contributed by atoms with van der Waals surface area (Å²) in [7, 11) is 3.58. The molecular weight excluding hydrogens is 358 g/mol. The fraction of sp³-hybridized carbons (Fsp3) is 0.700. The van der Waals surface area contributed by atoms with Gasteiger partial charge in [0, 0.05) is 24.3 Å². The summed E-state index contributed by atoms with van der Waals surface area (Å²) in [5, 5.41) is 24.0. The van der Waals surface area contributed by atoms with Gasteiger partial charge in [0.15, 0.2) is 11.5 Å². The van der Waals surface area contributed by atoms with Crippen LogP contribution in [0.3, 0.4) is 0 Å². The first-order chi connectivity index (χ1) is 13.6. The molecule has 3 unspecified atom stereocenters. The number of likely N-dealkylation sites (tertiary alicyclic amines) is 1. The van der Waals surface area contributed by atoms with Gasteiger partial charge in [0.1, 0.15) is 19.0 Å². The van der Waals surface area contributed by atoms with E-state index in [2.05, 4.69) is 33.1 Å². The minimum atomic E-state index is -0.515. The molecule has 2 aliphatic rings. The quantitative estimate of drug-likeness (QED) is 0.420. The Hall–Kier alpha value is -1.58. The predicted molar refractivity (Wildman–Crippen MR) is 111 cm³/mol. The smallest absolute Gasteiger partial charge is 0.163 e. The maximum absolute atomic E-state index is 10.3. The zero-order valence-electron chi connectivity index (χ0n) is 17.2. The van der Waals surface area contributed by atoms with Crippen LogP contribution >= 0.6 is 0 Å². The fourth-order valence-corrected chi connectivity index (χ4v) is 3.86. The van der Waals surface area contributed by atoms with Crippen molar-refractivity contribution in [3.8, 4) is 11.5 Å². The summed E-state index contributed by atoms with van der Waals surface area (Å²) in [5.74, 6) is 1.28. The maximum atomic E-state index is 10.3. The molecule has 158 valence electrons. The van der Waals surface area contributed by atoms with Crippen LogP contribution in [0.4, 0.5) is 5.69 Å². The zero-order valence-corrected chi connectivity index (χ0v) is 17.2. The second-order valence-electron chi connectivity index (χ2n) is 7.73. The lowest BCUT2D eigenvalue weighted by Crippen LogP contribution is -2.63. The topological polar surface area (TPSA) is 90.0 Å². The maximum Gasteiger partial charge on any atom is 0.163 e. The summed E-state index contributed by atoms with van der Waals surface area (Å²) in [6.45, 7) is 5.19. The van der Waals surface area contributed by atoms with E-state index >= 15 is 0 Å². The molecule has 5 N–H and O–H groups in total. The van der Waals surface area contributed by atoms with Gasteiger partial charge in [0.25, 0.3) is 0 Å². The van der Waals surface area contributed by atoms with E-state index in [1.807, 2.05) is 25.2 Å². The summed E-state index contributed by atoms with van der Waals surface area (Å²) < 4.78 is 11.3. The molecule has 0 spiro atoms. The number of hydrogen-bond donors (Lipinski definition) is 5. The van der Waals surface area contributed by atoms with E-state index in [0.29, 0.717) is 24.1 Å². The molecule has 4 atom stereocenters.